The highest BCUT2D eigenvalue weighted by molar-refractivity contribution is 5.63. The van der Waals surface area contributed by atoms with Crippen molar-refractivity contribution in [1.29, 1.82) is 0 Å². The lowest BCUT2D eigenvalue weighted by atomic mass is 9.61. The molecule has 0 fully saturated rings. The minimum atomic E-state index is -1.70. The van der Waals surface area contributed by atoms with E-state index in [0.717, 1.165) is 0 Å². The Kier molecular flexibility index (Phi) is 5.23. The Morgan fingerprint density at radius 1 is 0.947 bits per heavy atom. The van der Waals surface area contributed by atoms with Crippen LogP contribution >= 0.6 is 0 Å². The third kappa shape index (κ3) is 4.01. The molecule has 0 unspecified atom stereocenters. The van der Waals surface area contributed by atoms with Crippen LogP contribution in [-0.4, -0.2) is 23.0 Å². The smallest absolute Gasteiger partial charge is 0.447 e. The molecule has 0 aliphatic carbocycles. The molecule has 6 heteroatoms. The third-order valence-electron chi connectivity index (χ3n) is 3.36. The molecule has 0 spiro atoms. The standard InChI is InChI=1S/C13H24O6/c1-8-13(11(2,3)4,12(5,6)7)17-10(16)19-18-9(14)15/h8H2,1-7H3,(H,14,15). The van der Waals surface area contributed by atoms with Gasteiger partial charge in [0, 0.05) is 10.8 Å². The number of carbonyl (C=O) groups excluding carboxylic acids is 1. The molecule has 0 amide bonds. The van der Waals surface area contributed by atoms with Crippen molar-refractivity contribution in [2.75, 3.05) is 0 Å². The summed E-state index contributed by atoms with van der Waals surface area (Å²) in [5.74, 6) is 0. The van der Waals surface area contributed by atoms with Gasteiger partial charge in [-0.2, -0.15) is 9.68 Å². The van der Waals surface area contributed by atoms with Crippen molar-refractivity contribution in [2.45, 2.75) is 60.5 Å². The summed E-state index contributed by atoms with van der Waals surface area (Å²) in [5, 5.41) is 8.28. The first-order valence-electron chi connectivity index (χ1n) is 6.18. The van der Waals surface area contributed by atoms with Crippen LogP contribution in [0.2, 0.25) is 0 Å². The van der Waals surface area contributed by atoms with Crippen molar-refractivity contribution < 1.29 is 29.2 Å². The number of carbonyl (C=O) groups is 2. The van der Waals surface area contributed by atoms with Crippen molar-refractivity contribution in [2.24, 2.45) is 10.8 Å². The Hall–Kier alpha value is -1.46. The molecule has 0 bridgehead atoms. The maximum atomic E-state index is 11.6. The Balaban J connectivity index is 5.19. The van der Waals surface area contributed by atoms with E-state index in [-0.39, 0.29) is 10.8 Å². The number of hydrogen-bond donors (Lipinski definition) is 1. The molecule has 0 saturated carbocycles. The molecule has 0 aromatic rings. The number of hydrogen-bond acceptors (Lipinski definition) is 5. The van der Waals surface area contributed by atoms with Crippen LogP contribution in [-0.2, 0) is 14.5 Å². The van der Waals surface area contributed by atoms with Gasteiger partial charge in [0.05, 0.1) is 0 Å². The molecule has 1 N–H and O–H groups in total. The Bertz CT molecular complexity index is 320. The van der Waals surface area contributed by atoms with E-state index in [1.807, 2.05) is 48.5 Å². The fourth-order valence-corrected chi connectivity index (χ4v) is 2.79. The van der Waals surface area contributed by atoms with E-state index >= 15 is 0 Å². The number of carboxylic acid groups (broad SMARTS) is 1. The van der Waals surface area contributed by atoms with Crippen molar-refractivity contribution in [3.63, 3.8) is 0 Å². The molecule has 0 rings (SSSR count). The first-order chi connectivity index (χ1) is 8.37. The van der Waals surface area contributed by atoms with Gasteiger partial charge in [-0.05, 0) is 6.42 Å². The molecule has 112 valence electrons. The average molecular weight is 276 g/mol. The quantitative estimate of drug-likeness (QED) is 0.466. The van der Waals surface area contributed by atoms with Crippen LogP contribution in [0.15, 0.2) is 0 Å². The van der Waals surface area contributed by atoms with Crippen molar-refractivity contribution in [3.05, 3.63) is 0 Å². The van der Waals surface area contributed by atoms with Crippen molar-refractivity contribution in [1.82, 2.24) is 0 Å². The summed E-state index contributed by atoms with van der Waals surface area (Å²) in [6, 6.07) is 0. The van der Waals surface area contributed by atoms with Crippen LogP contribution in [0.4, 0.5) is 9.59 Å². The van der Waals surface area contributed by atoms with E-state index in [9.17, 15) is 9.59 Å². The van der Waals surface area contributed by atoms with E-state index in [1.165, 1.54) is 0 Å². The SMILES string of the molecule is CCC(OC(=O)OOC(=O)O)(C(C)(C)C)C(C)(C)C. The zero-order valence-electron chi connectivity index (χ0n) is 12.7. The lowest BCUT2D eigenvalue weighted by molar-refractivity contribution is -0.244. The van der Waals surface area contributed by atoms with Crippen LogP contribution in [0.3, 0.4) is 0 Å². The highest BCUT2D eigenvalue weighted by Gasteiger charge is 2.53. The van der Waals surface area contributed by atoms with Crippen molar-refractivity contribution >= 4 is 12.3 Å². The predicted molar refractivity (Wildman–Crippen MR) is 68.6 cm³/mol. The zero-order valence-corrected chi connectivity index (χ0v) is 12.7. The number of ether oxygens (including phenoxy) is 1. The van der Waals surface area contributed by atoms with Crippen molar-refractivity contribution in [3.8, 4) is 0 Å². The largest absolute Gasteiger partial charge is 0.550 e. The molecule has 0 aliphatic rings. The van der Waals surface area contributed by atoms with Gasteiger partial charge in [-0.1, -0.05) is 48.5 Å². The van der Waals surface area contributed by atoms with Gasteiger partial charge >= 0.3 is 12.3 Å². The second-order valence-electron chi connectivity index (χ2n) is 6.47. The summed E-state index contributed by atoms with van der Waals surface area (Å²) in [7, 11) is 0. The molecule has 0 aromatic heterocycles. The molecule has 0 atom stereocenters. The average Bonchev–Trinajstić information content (AvgIpc) is 2.19. The Labute approximate surface area is 114 Å². The van der Waals surface area contributed by atoms with Gasteiger partial charge < -0.3 is 9.84 Å². The van der Waals surface area contributed by atoms with Gasteiger partial charge in [-0.3, -0.25) is 0 Å². The maximum Gasteiger partial charge on any atom is 0.550 e. The van der Waals surface area contributed by atoms with Crippen LogP contribution in [0.25, 0.3) is 0 Å². The molecule has 0 radical (unpaired) electrons. The normalized spacial score (nSPS) is 12.8. The molecular weight excluding hydrogens is 252 g/mol. The summed E-state index contributed by atoms with van der Waals surface area (Å²) in [6.07, 6.45) is -2.30. The van der Waals surface area contributed by atoms with E-state index in [1.54, 1.807) is 0 Å². The highest BCUT2D eigenvalue weighted by atomic mass is 17.3. The summed E-state index contributed by atoms with van der Waals surface area (Å²) in [4.78, 5) is 29.6. The minimum absolute atomic E-state index is 0.359. The van der Waals surface area contributed by atoms with Gasteiger partial charge in [-0.15, -0.1) is 0 Å². The first-order valence-corrected chi connectivity index (χ1v) is 6.18. The monoisotopic (exact) mass is 276 g/mol. The lowest BCUT2D eigenvalue weighted by Crippen LogP contribution is -2.55. The first kappa shape index (κ1) is 17.5. The summed E-state index contributed by atoms with van der Waals surface area (Å²) in [6.45, 7) is 13.6. The summed E-state index contributed by atoms with van der Waals surface area (Å²) >= 11 is 0. The minimum Gasteiger partial charge on any atom is -0.447 e. The van der Waals surface area contributed by atoms with E-state index in [2.05, 4.69) is 9.78 Å². The van der Waals surface area contributed by atoms with Gasteiger partial charge in [-0.25, -0.2) is 9.68 Å². The highest BCUT2D eigenvalue weighted by Crippen LogP contribution is 2.49. The number of rotatable bonds is 2. The fraction of sp³-hybridized carbons (Fsp3) is 0.846. The van der Waals surface area contributed by atoms with Crippen LogP contribution in [0.5, 0.6) is 0 Å². The summed E-state index contributed by atoms with van der Waals surface area (Å²) in [5.41, 5.74) is -1.54. The van der Waals surface area contributed by atoms with Gasteiger partial charge in [0.2, 0.25) is 0 Å². The third-order valence-corrected chi connectivity index (χ3v) is 3.36. The summed E-state index contributed by atoms with van der Waals surface area (Å²) < 4.78 is 5.42. The molecule has 0 aromatic carbocycles. The molecular formula is C13H24O6. The fourth-order valence-electron chi connectivity index (χ4n) is 2.79. The van der Waals surface area contributed by atoms with Gasteiger partial charge in [0.15, 0.2) is 0 Å². The molecule has 0 heterocycles. The van der Waals surface area contributed by atoms with E-state index < -0.39 is 17.9 Å². The van der Waals surface area contributed by atoms with Gasteiger partial charge in [0.1, 0.15) is 5.60 Å². The Morgan fingerprint density at radius 3 is 1.63 bits per heavy atom. The van der Waals surface area contributed by atoms with Gasteiger partial charge in [0.25, 0.3) is 0 Å². The molecule has 0 saturated heterocycles. The second kappa shape index (κ2) is 5.67. The second-order valence-corrected chi connectivity index (χ2v) is 6.47. The molecule has 19 heavy (non-hydrogen) atoms. The van der Waals surface area contributed by atoms with E-state index in [4.69, 9.17) is 9.84 Å². The predicted octanol–water partition coefficient (Wildman–Crippen LogP) is 3.99. The maximum absolute atomic E-state index is 11.6. The molecule has 0 aliphatic heterocycles. The lowest BCUT2D eigenvalue weighted by Gasteiger charge is -2.51. The topological polar surface area (TPSA) is 82.1 Å². The Morgan fingerprint density at radius 2 is 1.37 bits per heavy atom. The zero-order chi connectivity index (χ0) is 15.5. The van der Waals surface area contributed by atoms with Crippen LogP contribution in [0.1, 0.15) is 54.9 Å². The van der Waals surface area contributed by atoms with E-state index in [0.29, 0.717) is 6.42 Å². The van der Waals surface area contributed by atoms with Crippen LogP contribution < -0.4 is 0 Å². The molecule has 6 nitrogen and oxygen atoms in total. The van der Waals surface area contributed by atoms with Crippen LogP contribution in [0, 0.1) is 10.8 Å².